The summed E-state index contributed by atoms with van der Waals surface area (Å²) in [6.07, 6.45) is -3.68. The van der Waals surface area contributed by atoms with Gasteiger partial charge < -0.3 is 9.90 Å². The monoisotopic (exact) mass is 245 g/mol. The summed E-state index contributed by atoms with van der Waals surface area (Å²) < 4.78 is 37.4. The highest BCUT2D eigenvalue weighted by molar-refractivity contribution is 5.68. The van der Waals surface area contributed by atoms with E-state index in [0.717, 1.165) is 12.1 Å². The summed E-state index contributed by atoms with van der Waals surface area (Å²) in [5.41, 5.74) is 0.0643. The van der Waals surface area contributed by atoms with Crippen LogP contribution < -0.4 is 5.11 Å². The van der Waals surface area contributed by atoms with Crippen LogP contribution in [0.25, 0.3) is 0 Å². The highest BCUT2D eigenvalue weighted by Gasteiger charge is 2.30. The van der Waals surface area contributed by atoms with E-state index >= 15 is 0 Å². The lowest BCUT2D eigenvalue weighted by atomic mass is 9.98. The van der Waals surface area contributed by atoms with E-state index in [2.05, 4.69) is 0 Å². The molecule has 5 heteroatoms. The maximum absolute atomic E-state index is 12.5. The molecule has 0 spiro atoms. The third kappa shape index (κ3) is 3.76. The van der Waals surface area contributed by atoms with Gasteiger partial charge in [0.05, 0.1) is 5.56 Å². The lowest BCUT2D eigenvalue weighted by molar-refractivity contribution is -0.304. The molecule has 0 aliphatic heterocycles. The predicted molar refractivity (Wildman–Crippen MR) is 54.2 cm³/mol. The molecular formula is C12H12F3O2-. The number of aryl methyl sites for hydroxylation is 1. The minimum Gasteiger partial charge on any atom is -0.550 e. The molecule has 1 aromatic carbocycles. The smallest absolute Gasteiger partial charge is 0.416 e. The largest absolute Gasteiger partial charge is 0.550 e. The second-order valence-electron chi connectivity index (χ2n) is 3.78. The van der Waals surface area contributed by atoms with Gasteiger partial charge in [-0.25, -0.2) is 0 Å². The fourth-order valence-corrected chi connectivity index (χ4v) is 1.63. The van der Waals surface area contributed by atoms with Crippen LogP contribution in [0.3, 0.4) is 0 Å². The molecule has 0 radical (unpaired) electrons. The van der Waals surface area contributed by atoms with E-state index in [4.69, 9.17) is 0 Å². The van der Waals surface area contributed by atoms with E-state index in [9.17, 15) is 23.1 Å². The van der Waals surface area contributed by atoms with Crippen molar-refractivity contribution in [3.8, 4) is 0 Å². The minimum absolute atomic E-state index is 0.354. The minimum atomic E-state index is -4.40. The third-order valence-electron chi connectivity index (χ3n) is 2.39. The molecule has 0 saturated heterocycles. The molecule has 0 aliphatic carbocycles. The number of carbonyl (C=O) groups excluding carboxylic acids is 1. The molecule has 2 nitrogen and oxygen atoms in total. The van der Waals surface area contributed by atoms with Crippen LogP contribution in [-0.4, -0.2) is 5.97 Å². The van der Waals surface area contributed by atoms with Crippen molar-refractivity contribution in [2.75, 3.05) is 0 Å². The number of aliphatic carboxylic acids is 1. The molecule has 1 rings (SSSR count). The van der Waals surface area contributed by atoms with Crippen molar-refractivity contribution >= 4 is 5.97 Å². The van der Waals surface area contributed by atoms with Gasteiger partial charge in [0, 0.05) is 12.4 Å². The molecule has 1 aromatic rings. The lowest BCUT2D eigenvalue weighted by Crippen LogP contribution is -2.25. The van der Waals surface area contributed by atoms with Gasteiger partial charge in [-0.2, -0.15) is 13.2 Å². The maximum atomic E-state index is 12.5. The lowest BCUT2D eigenvalue weighted by Gasteiger charge is -2.13. The van der Waals surface area contributed by atoms with Gasteiger partial charge in [0.2, 0.25) is 0 Å². The second-order valence-corrected chi connectivity index (χ2v) is 3.78. The highest BCUT2D eigenvalue weighted by Crippen LogP contribution is 2.31. The Morgan fingerprint density at radius 1 is 1.29 bits per heavy atom. The number of hydrogen-bond acceptors (Lipinski definition) is 2. The van der Waals surface area contributed by atoms with Crippen LogP contribution in [0.15, 0.2) is 18.2 Å². The van der Waals surface area contributed by atoms with E-state index in [1.165, 1.54) is 6.07 Å². The Bertz CT molecular complexity index is 411. The van der Waals surface area contributed by atoms with E-state index in [-0.39, 0.29) is 6.42 Å². The first-order valence-electron chi connectivity index (χ1n) is 5.23. The number of benzene rings is 1. The number of alkyl halides is 3. The predicted octanol–water partition coefficient (Wildman–Crippen LogP) is 1.95. The first-order valence-corrected chi connectivity index (χ1v) is 5.23. The summed E-state index contributed by atoms with van der Waals surface area (Å²) in [7, 11) is 0. The van der Waals surface area contributed by atoms with Crippen LogP contribution in [0.1, 0.15) is 30.0 Å². The Kier molecular flexibility index (Phi) is 4.15. The number of hydrogen-bond donors (Lipinski definition) is 0. The van der Waals surface area contributed by atoms with Gasteiger partial charge in [-0.05, 0) is 29.7 Å². The van der Waals surface area contributed by atoms with Crippen molar-refractivity contribution in [3.63, 3.8) is 0 Å². The average Bonchev–Trinajstić information content (AvgIpc) is 2.18. The molecule has 0 N–H and O–H groups in total. The fourth-order valence-electron chi connectivity index (χ4n) is 1.63. The molecule has 0 aliphatic rings. The van der Waals surface area contributed by atoms with Gasteiger partial charge in [-0.15, -0.1) is 0 Å². The maximum Gasteiger partial charge on any atom is 0.416 e. The van der Waals surface area contributed by atoms with Crippen molar-refractivity contribution in [3.05, 3.63) is 34.9 Å². The standard InChI is InChI=1S/C12H13F3O2/c1-2-3-8-6-10(12(13,14)15)5-4-9(8)7-11(16)17/h4-6H,2-3,7H2,1H3,(H,16,17)/p-1. The van der Waals surface area contributed by atoms with Gasteiger partial charge in [-0.3, -0.25) is 0 Å². The van der Waals surface area contributed by atoms with E-state index in [1.54, 1.807) is 0 Å². The number of carboxylic acids is 1. The van der Waals surface area contributed by atoms with Gasteiger partial charge in [-0.1, -0.05) is 19.4 Å². The molecule has 0 saturated carbocycles. The van der Waals surface area contributed by atoms with Gasteiger partial charge >= 0.3 is 6.18 Å². The first-order chi connectivity index (χ1) is 7.84. The van der Waals surface area contributed by atoms with Gasteiger partial charge in [0.1, 0.15) is 0 Å². The quantitative estimate of drug-likeness (QED) is 0.813. The second kappa shape index (κ2) is 5.21. The molecule has 0 bridgehead atoms. The molecule has 0 aromatic heterocycles. The summed E-state index contributed by atoms with van der Waals surface area (Å²) in [4.78, 5) is 10.5. The van der Waals surface area contributed by atoms with Crippen molar-refractivity contribution in [2.45, 2.75) is 32.4 Å². The SMILES string of the molecule is CCCc1cc(C(F)(F)F)ccc1CC(=O)[O-]. The van der Waals surface area contributed by atoms with Crippen molar-refractivity contribution in [2.24, 2.45) is 0 Å². The van der Waals surface area contributed by atoms with Gasteiger partial charge in [0.15, 0.2) is 0 Å². The van der Waals surface area contributed by atoms with E-state index in [1.807, 2.05) is 6.92 Å². The van der Waals surface area contributed by atoms with Crippen molar-refractivity contribution < 1.29 is 23.1 Å². The van der Waals surface area contributed by atoms with Crippen LogP contribution >= 0.6 is 0 Å². The fraction of sp³-hybridized carbons (Fsp3) is 0.417. The number of halogens is 3. The molecule has 94 valence electrons. The Hall–Kier alpha value is -1.52. The number of carbonyl (C=O) groups is 1. The highest BCUT2D eigenvalue weighted by atomic mass is 19.4. The van der Waals surface area contributed by atoms with Crippen LogP contribution in [0, 0.1) is 0 Å². The van der Waals surface area contributed by atoms with Crippen LogP contribution in [0.4, 0.5) is 13.2 Å². The molecule has 0 amide bonds. The Balaban J connectivity index is 3.12. The zero-order chi connectivity index (χ0) is 13.1. The zero-order valence-electron chi connectivity index (χ0n) is 9.30. The Morgan fingerprint density at radius 3 is 2.41 bits per heavy atom. The third-order valence-corrected chi connectivity index (χ3v) is 2.39. The Labute approximate surface area is 97.1 Å². The van der Waals surface area contributed by atoms with Gasteiger partial charge in [0.25, 0.3) is 0 Å². The van der Waals surface area contributed by atoms with Crippen LogP contribution in [0.5, 0.6) is 0 Å². The average molecular weight is 245 g/mol. The van der Waals surface area contributed by atoms with E-state index in [0.29, 0.717) is 24.0 Å². The first kappa shape index (κ1) is 13.5. The summed E-state index contributed by atoms with van der Waals surface area (Å²) in [5, 5.41) is 10.5. The topological polar surface area (TPSA) is 40.1 Å². The summed E-state index contributed by atoms with van der Waals surface area (Å²) in [6, 6.07) is 3.13. The molecule has 0 atom stereocenters. The van der Waals surface area contributed by atoms with E-state index < -0.39 is 17.7 Å². The Morgan fingerprint density at radius 2 is 1.94 bits per heavy atom. The summed E-state index contributed by atoms with van der Waals surface area (Å²) in [5.74, 6) is -1.29. The van der Waals surface area contributed by atoms with Crippen molar-refractivity contribution in [1.29, 1.82) is 0 Å². The van der Waals surface area contributed by atoms with Crippen molar-refractivity contribution in [1.82, 2.24) is 0 Å². The molecular weight excluding hydrogens is 233 g/mol. The number of carboxylic acid groups (broad SMARTS) is 1. The number of rotatable bonds is 4. The van der Waals surface area contributed by atoms with Crippen LogP contribution in [-0.2, 0) is 23.8 Å². The summed E-state index contributed by atoms with van der Waals surface area (Å²) >= 11 is 0. The molecule has 0 fully saturated rings. The van der Waals surface area contributed by atoms with Crippen LogP contribution in [0.2, 0.25) is 0 Å². The summed E-state index contributed by atoms with van der Waals surface area (Å²) in [6.45, 7) is 1.82. The zero-order valence-corrected chi connectivity index (χ0v) is 9.30. The normalized spacial score (nSPS) is 11.5. The molecule has 0 unspecified atom stereocenters. The molecule has 17 heavy (non-hydrogen) atoms. The molecule has 0 heterocycles.